The average molecular weight is 146 g/mol. The van der Waals surface area contributed by atoms with E-state index < -0.39 is 0 Å². The Balaban J connectivity index is 2.87. The fourth-order valence-electron chi connectivity index (χ4n) is 0.920. The van der Waals surface area contributed by atoms with Crippen LogP contribution in [0.15, 0.2) is 23.8 Å². The molecule has 0 radical (unpaired) electrons. The molecule has 50 valence electrons. The van der Waals surface area contributed by atoms with Crippen LogP contribution < -0.4 is 0 Å². The summed E-state index contributed by atoms with van der Waals surface area (Å²) in [5.41, 5.74) is 1.02. The van der Waals surface area contributed by atoms with E-state index in [9.17, 15) is 0 Å². The smallest absolute Gasteiger partial charge is 0.0238 e. The monoisotopic (exact) mass is 146 g/mol. The van der Waals surface area contributed by atoms with E-state index in [1.165, 1.54) is 5.17 Å². The summed E-state index contributed by atoms with van der Waals surface area (Å²) in [5, 5.41) is 1.51. The van der Waals surface area contributed by atoms with Gasteiger partial charge in [-0.05, 0) is 21.6 Å². The SMILES string of the molecule is C#CC1=CC(=[SiH]C)CC=C1. The molecule has 0 aromatic rings. The van der Waals surface area contributed by atoms with E-state index in [0.29, 0.717) is 9.13 Å². The largest absolute Gasteiger partial charge is 0.115 e. The van der Waals surface area contributed by atoms with Crippen molar-refractivity contribution in [3.63, 3.8) is 0 Å². The molecule has 0 unspecified atom stereocenters. The lowest BCUT2D eigenvalue weighted by Gasteiger charge is -2.02. The second kappa shape index (κ2) is 3.33. The normalized spacial score (nSPS) is 20.4. The van der Waals surface area contributed by atoms with Crippen molar-refractivity contribution in [3.8, 4) is 12.3 Å². The molecule has 0 heterocycles. The van der Waals surface area contributed by atoms with Crippen molar-refractivity contribution >= 4 is 14.3 Å². The van der Waals surface area contributed by atoms with E-state index in [0.717, 1.165) is 12.0 Å². The molecule has 0 aliphatic heterocycles. The van der Waals surface area contributed by atoms with Crippen molar-refractivity contribution in [2.24, 2.45) is 0 Å². The highest BCUT2D eigenvalue weighted by atomic mass is 28.2. The highest BCUT2D eigenvalue weighted by molar-refractivity contribution is 6.56. The lowest BCUT2D eigenvalue weighted by molar-refractivity contribution is 1.47. The van der Waals surface area contributed by atoms with Crippen LogP contribution in [0.5, 0.6) is 0 Å². The maximum Gasteiger partial charge on any atom is 0.0238 e. The van der Waals surface area contributed by atoms with Gasteiger partial charge in [-0.1, -0.05) is 29.8 Å². The molecule has 0 saturated heterocycles. The fraction of sp³-hybridized carbons (Fsp3) is 0.222. The Kier molecular flexibility index (Phi) is 2.41. The molecule has 0 aromatic carbocycles. The van der Waals surface area contributed by atoms with Crippen LogP contribution in [0.3, 0.4) is 0 Å². The third-order valence-electron chi connectivity index (χ3n) is 1.53. The van der Waals surface area contributed by atoms with Crippen molar-refractivity contribution in [1.82, 2.24) is 0 Å². The Labute approximate surface area is 64.1 Å². The van der Waals surface area contributed by atoms with Crippen molar-refractivity contribution < 1.29 is 0 Å². The van der Waals surface area contributed by atoms with Crippen LogP contribution in [0.4, 0.5) is 0 Å². The van der Waals surface area contributed by atoms with Gasteiger partial charge in [0.15, 0.2) is 0 Å². The van der Waals surface area contributed by atoms with Crippen molar-refractivity contribution in [1.29, 1.82) is 0 Å². The van der Waals surface area contributed by atoms with Gasteiger partial charge in [-0.15, -0.1) is 6.42 Å². The minimum absolute atomic E-state index is 0.455. The van der Waals surface area contributed by atoms with Gasteiger partial charge in [0.05, 0.1) is 0 Å². The first-order valence-corrected chi connectivity index (χ1v) is 5.10. The number of rotatable bonds is 0. The van der Waals surface area contributed by atoms with E-state index >= 15 is 0 Å². The Hall–Kier alpha value is -0.873. The third kappa shape index (κ3) is 1.55. The van der Waals surface area contributed by atoms with Gasteiger partial charge in [-0.25, -0.2) is 0 Å². The molecule has 1 aliphatic rings. The van der Waals surface area contributed by atoms with Crippen LogP contribution in [-0.2, 0) is 0 Å². The topological polar surface area (TPSA) is 0 Å². The van der Waals surface area contributed by atoms with Crippen LogP contribution in [0.2, 0.25) is 6.55 Å². The Morgan fingerprint density at radius 2 is 2.50 bits per heavy atom. The fourth-order valence-corrected chi connectivity index (χ4v) is 1.64. The van der Waals surface area contributed by atoms with Crippen molar-refractivity contribution in [2.45, 2.75) is 13.0 Å². The first-order chi connectivity index (χ1) is 4.86. The molecule has 0 aromatic heterocycles. The first-order valence-electron chi connectivity index (χ1n) is 3.37. The van der Waals surface area contributed by atoms with Gasteiger partial charge in [0.25, 0.3) is 0 Å². The molecule has 0 saturated carbocycles. The summed E-state index contributed by atoms with van der Waals surface area (Å²) in [6, 6.07) is 0. The summed E-state index contributed by atoms with van der Waals surface area (Å²) >= 11 is 0. The number of allylic oxidation sites excluding steroid dienone is 4. The van der Waals surface area contributed by atoms with Gasteiger partial charge >= 0.3 is 0 Å². The second-order valence-electron chi connectivity index (χ2n) is 2.21. The van der Waals surface area contributed by atoms with Gasteiger partial charge in [-0.2, -0.15) is 0 Å². The zero-order valence-corrected chi connectivity index (χ0v) is 7.25. The van der Waals surface area contributed by atoms with Gasteiger partial charge in [-0.3, -0.25) is 0 Å². The van der Waals surface area contributed by atoms with Crippen LogP contribution in [0.1, 0.15) is 6.42 Å². The quantitative estimate of drug-likeness (QED) is 0.355. The van der Waals surface area contributed by atoms with Crippen LogP contribution in [0, 0.1) is 12.3 Å². The maximum atomic E-state index is 5.25. The summed E-state index contributed by atoms with van der Waals surface area (Å²) in [4.78, 5) is 0. The Morgan fingerprint density at radius 1 is 1.70 bits per heavy atom. The van der Waals surface area contributed by atoms with Crippen LogP contribution in [-0.4, -0.2) is 14.3 Å². The molecule has 0 nitrogen and oxygen atoms in total. The molecule has 1 heteroatoms. The van der Waals surface area contributed by atoms with E-state index in [1.807, 2.05) is 6.08 Å². The van der Waals surface area contributed by atoms with Crippen LogP contribution >= 0.6 is 0 Å². The molecule has 0 fully saturated rings. The lowest BCUT2D eigenvalue weighted by Crippen LogP contribution is -2.00. The minimum atomic E-state index is 0.455. The predicted octanol–water partition coefficient (Wildman–Crippen LogP) is 1.16. The van der Waals surface area contributed by atoms with Crippen molar-refractivity contribution in [2.75, 3.05) is 0 Å². The van der Waals surface area contributed by atoms with Gasteiger partial charge in [0, 0.05) is 5.57 Å². The number of hydrogen-bond donors (Lipinski definition) is 0. The van der Waals surface area contributed by atoms with Gasteiger partial charge in [0.2, 0.25) is 0 Å². The molecule has 1 rings (SSSR count). The summed E-state index contributed by atoms with van der Waals surface area (Å²) in [6.45, 7) is 2.24. The Morgan fingerprint density at radius 3 is 3.10 bits per heavy atom. The average Bonchev–Trinajstić information content (AvgIpc) is 2.05. The molecule has 0 N–H and O–H groups in total. The molecule has 0 amide bonds. The van der Waals surface area contributed by atoms with Gasteiger partial charge in [0.1, 0.15) is 0 Å². The predicted molar refractivity (Wildman–Crippen MR) is 48.7 cm³/mol. The van der Waals surface area contributed by atoms with E-state index in [-0.39, 0.29) is 0 Å². The zero-order valence-electron chi connectivity index (χ0n) is 6.09. The molecule has 0 spiro atoms. The van der Waals surface area contributed by atoms with E-state index in [4.69, 9.17) is 6.42 Å². The summed E-state index contributed by atoms with van der Waals surface area (Å²) in [6.07, 6.45) is 12.6. The van der Waals surface area contributed by atoms with E-state index in [1.54, 1.807) is 0 Å². The zero-order chi connectivity index (χ0) is 7.40. The number of terminal acetylenes is 1. The molecule has 1 aliphatic carbocycles. The first kappa shape index (κ1) is 7.24. The van der Waals surface area contributed by atoms with Gasteiger partial charge < -0.3 is 0 Å². The summed E-state index contributed by atoms with van der Waals surface area (Å²) < 4.78 is 0. The summed E-state index contributed by atoms with van der Waals surface area (Å²) in [5.74, 6) is 2.64. The molecule has 10 heavy (non-hydrogen) atoms. The molecule has 0 bridgehead atoms. The van der Waals surface area contributed by atoms with Crippen molar-refractivity contribution in [3.05, 3.63) is 23.8 Å². The molecular weight excluding hydrogens is 136 g/mol. The highest BCUT2D eigenvalue weighted by Crippen LogP contribution is 2.04. The second-order valence-corrected chi connectivity index (χ2v) is 3.53. The molecular formula is C9H10Si. The minimum Gasteiger partial charge on any atom is -0.115 e. The molecule has 0 atom stereocenters. The van der Waals surface area contributed by atoms with E-state index in [2.05, 4.69) is 24.6 Å². The Bertz CT molecular complexity index is 248. The highest BCUT2D eigenvalue weighted by Gasteiger charge is 1.95. The number of hydrogen-bond acceptors (Lipinski definition) is 0. The third-order valence-corrected chi connectivity index (χ3v) is 2.67. The summed E-state index contributed by atoms with van der Waals surface area (Å²) in [7, 11) is 0.455. The standard InChI is InChI=1S/C9H10Si/c1-3-8-5-4-6-9(7-8)10-2/h1,4-5,7,10H,6H2,2H3. The van der Waals surface area contributed by atoms with Crippen LogP contribution in [0.25, 0.3) is 0 Å². The lowest BCUT2D eigenvalue weighted by atomic mass is 10.1. The maximum absolute atomic E-state index is 5.25.